The summed E-state index contributed by atoms with van der Waals surface area (Å²) in [7, 11) is 0. The van der Waals surface area contributed by atoms with Crippen LogP contribution in [0.5, 0.6) is 11.5 Å². The van der Waals surface area contributed by atoms with E-state index in [0.29, 0.717) is 23.3 Å². The van der Waals surface area contributed by atoms with E-state index in [1.807, 2.05) is 0 Å². The Hall–Kier alpha value is -4.22. The Balaban J connectivity index is 1.24. The largest absolute Gasteiger partial charge is 0.454 e. The van der Waals surface area contributed by atoms with Gasteiger partial charge in [0.05, 0.1) is 22.9 Å². The predicted molar refractivity (Wildman–Crippen MR) is 133 cm³/mol. The van der Waals surface area contributed by atoms with Crippen molar-refractivity contribution in [3.8, 4) is 11.5 Å². The minimum Gasteiger partial charge on any atom is -0.454 e. The maximum absolute atomic E-state index is 14.7. The van der Waals surface area contributed by atoms with Gasteiger partial charge in [-0.15, -0.1) is 0 Å². The number of hydrogen-bond donors (Lipinski definition) is 3. The number of urea groups is 1. The van der Waals surface area contributed by atoms with Gasteiger partial charge in [0, 0.05) is 62.3 Å². The number of fused-ring (bicyclic) bond motifs is 1. The molecule has 3 N–H and O–H groups in total. The first-order valence-corrected chi connectivity index (χ1v) is 11.6. The molecule has 2 heterocycles. The maximum Gasteiger partial charge on any atom is 0.323 e. The van der Waals surface area contributed by atoms with Gasteiger partial charge in [-0.3, -0.25) is 9.88 Å². The van der Waals surface area contributed by atoms with Crippen molar-refractivity contribution in [2.24, 2.45) is 0 Å². The van der Waals surface area contributed by atoms with Gasteiger partial charge in [0.25, 0.3) is 0 Å². The van der Waals surface area contributed by atoms with Gasteiger partial charge in [-0.1, -0.05) is 0 Å². The van der Waals surface area contributed by atoms with E-state index < -0.39 is 23.5 Å². The van der Waals surface area contributed by atoms with Crippen LogP contribution in [0.1, 0.15) is 5.69 Å². The number of halogens is 3. The van der Waals surface area contributed by atoms with Crippen molar-refractivity contribution in [2.45, 2.75) is 6.54 Å². The van der Waals surface area contributed by atoms with Crippen molar-refractivity contribution < 1.29 is 22.7 Å². The SMILES string of the molecule is O=C(Nc1ccc(F)c(F)c1)Nc1ccc(Oc2ccc3ncc(CN4CCNCC4)nc3c2)c(F)c1. The Labute approximate surface area is 210 Å². The molecular weight excluding hydrogens is 485 g/mol. The van der Waals surface area contributed by atoms with Crippen molar-refractivity contribution in [3.63, 3.8) is 0 Å². The Morgan fingerprint density at radius 3 is 2.35 bits per heavy atom. The van der Waals surface area contributed by atoms with Gasteiger partial charge in [0.15, 0.2) is 23.2 Å². The third-order valence-electron chi connectivity index (χ3n) is 5.75. The summed E-state index contributed by atoms with van der Waals surface area (Å²) in [5.74, 6) is -2.49. The summed E-state index contributed by atoms with van der Waals surface area (Å²) < 4.78 is 46.8. The lowest BCUT2D eigenvalue weighted by molar-refractivity contribution is 0.230. The number of hydrogen-bond acceptors (Lipinski definition) is 6. The zero-order chi connectivity index (χ0) is 25.8. The number of benzene rings is 3. The highest BCUT2D eigenvalue weighted by molar-refractivity contribution is 5.99. The molecule has 1 saturated heterocycles. The van der Waals surface area contributed by atoms with E-state index in [9.17, 15) is 18.0 Å². The zero-order valence-electron chi connectivity index (χ0n) is 19.6. The lowest BCUT2D eigenvalue weighted by Crippen LogP contribution is -2.43. The van der Waals surface area contributed by atoms with E-state index in [1.165, 1.54) is 18.2 Å². The van der Waals surface area contributed by atoms with Crippen LogP contribution in [0.25, 0.3) is 11.0 Å². The van der Waals surface area contributed by atoms with Gasteiger partial charge in [0.2, 0.25) is 0 Å². The third kappa shape index (κ3) is 6.13. The average Bonchev–Trinajstić information content (AvgIpc) is 2.88. The van der Waals surface area contributed by atoms with Gasteiger partial charge in [-0.25, -0.2) is 22.9 Å². The number of ether oxygens (including phenoxy) is 1. The van der Waals surface area contributed by atoms with E-state index in [0.717, 1.165) is 50.1 Å². The van der Waals surface area contributed by atoms with E-state index >= 15 is 0 Å². The Morgan fingerprint density at radius 2 is 1.62 bits per heavy atom. The highest BCUT2D eigenvalue weighted by atomic mass is 19.2. The van der Waals surface area contributed by atoms with Gasteiger partial charge in [-0.2, -0.15) is 0 Å². The molecule has 1 aromatic heterocycles. The molecule has 0 atom stereocenters. The fourth-order valence-corrected chi connectivity index (χ4v) is 3.92. The van der Waals surface area contributed by atoms with Crippen LogP contribution in [0.2, 0.25) is 0 Å². The molecule has 0 bridgehead atoms. The number of piperazine rings is 1. The minimum absolute atomic E-state index is 0.0455. The van der Waals surface area contributed by atoms with Gasteiger partial charge in [-0.05, 0) is 36.4 Å². The molecular formula is C26H23F3N6O2. The molecule has 0 aliphatic carbocycles. The molecule has 1 aliphatic rings. The Kier molecular flexibility index (Phi) is 7.15. The van der Waals surface area contributed by atoms with Gasteiger partial charge in [0.1, 0.15) is 5.75 Å². The second-order valence-corrected chi connectivity index (χ2v) is 8.49. The van der Waals surface area contributed by atoms with Crippen LogP contribution < -0.4 is 20.7 Å². The summed E-state index contributed by atoms with van der Waals surface area (Å²) in [6.07, 6.45) is 1.76. The van der Waals surface area contributed by atoms with Crippen LogP contribution in [0, 0.1) is 17.5 Å². The van der Waals surface area contributed by atoms with Gasteiger partial charge >= 0.3 is 6.03 Å². The van der Waals surface area contributed by atoms with Crippen LogP contribution in [0.3, 0.4) is 0 Å². The molecule has 0 saturated carbocycles. The molecule has 190 valence electrons. The lowest BCUT2D eigenvalue weighted by atomic mass is 10.2. The fraction of sp³-hybridized carbons (Fsp3) is 0.192. The van der Waals surface area contributed by atoms with Crippen LogP contribution >= 0.6 is 0 Å². The molecule has 2 amide bonds. The van der Waals surface area contributed by atoms with Gasteiger partial charge < -0.3 is 20.7 Å². The number of rotatable bonds is 6. The minimum atomic E-state index is -1.10. The Bertz CT molecular complexity index is 1450. The molecule has 1 aliphatic heterocycles. The molecule has 37 heavy (non-hydrogen) atoms. The first-order valence-electron chi connectivity index (χ1n) is 11.6. The number of carbonyl (C=O) groups excluding carboxylic acids is 1. The van der Waals surface area contributed by atoms with Crippen LogP contribution in [-0.2, 0) is 6.54 Å². The normalized spacial score (nSPS) is 13.9. The van der Waals surface area contributed by atoms with Crippen molar-refractivity contribution in [2.75, 3.05) is 36.8 Å². The molecule has 0 radical (unpaired) electrons. The standard InChI is InChI=1S/C26H23F3N6O2/c27-20-4-1-16(11-21(20)28)33-26(36)34-17-2-6-25(22(29)12-17)37-19-3-5-23-24(13-19)32-18(14-31-23)15-35-9-7-30-8-10-35/h1-6,11-14,30H,7-10,15H2,(H2,33,34,36). The first kappa shape index (κ1) is 24.5. The summed E-state index contributed by atoms with van der Waals surface area (Å²) in [5, 5.41) is 8.10. The van der Waals surface area contributed by atoms with Crippen molar-refractivity contribution in [1.82, 2.24) is 20.2 Å². The zero-order valence-corrected chi connectivity index (χ0v) is 19.6. The second-order valence-electron chi connectivity index (χ2n) is 8.49. The summed E-state index contributed by atoms with van der Waals surface area (Å²) in [6.45, 7) is 4.47. The monoisotopic (exact) mass is 508 g/mol. The average molecular weight is 509 g/mol. The van der Waals surface area contributed by atoms with Crippen LogP contribution in [0.4, 0.5) is 29.3 Å². The molecule has 8 nitrogen and oxygen atoms in total. The Morgan fingerprint density at radius 1 is 0.892 bits per heavy atom. The molecule has 0 spiro atoms. The highest BCUT2D eigenvalue weighted by Gasteiger charge is 2.13. The summed E-state index contributed by atoms with van der Waals surface area (Å²) >= 11 is 0. The first-order chi connectivity index (χ1) is 17.9. The second kappa shape index (κ2) is 10.8. The number of nitrogens with one attached hydrogen (secondary N) is 3. The molecule has 5 rings (SSSR count). The fourth-order valence-electron chi connectivity index (χ4n) is 3.92. The summed E-state index contributed by atoms with van der Waals surface area (Å²) in [6, 6.07) is 11.2. The topological polar surface area (TPSA) is 91.4 Å². The number of carbonyl (C=O) groups is 1. The van der Waals surface area contributed by atoms with E-state index in [1.54, 1.807) is 24.4 Å². The molecule has 1 fully saturated rings. The molecule has 3 aromatic carbocycles. The summed E-state index contributed by atoms with van der Waals surface area (Å²) in [4.78, 5) is 23.6. The molecule has 11 heteroatoms. The van der Waals surface area contributed by atoms with Crippen molar-refractivity contribution >= 4 is 28.4 Å². The van der Waals surface area contributed by atoms with E-state index in [-0.39, 0.29) is 17.1 Å². The van der Waals surface area contributed by atoms with Crippen molar-refractivity contribution in [3.05, 3.63) is 83.9 Å². The van der Waals surface area contributed by atoms with Crippen molar-refractivity contribution in [1.29, 1.82) is 0 Å². The third-order valence-corrected chi connectivity index (χ3v) is 5.75. The number of aromatic nitrogens is 2. The lowest BCUT2D eigenvalue weighted by Gasteiger charge is -2.26. The quantitative estimate of drug-likeness (QED) is 0.344. The van der Waals surface area contributed by atoms with E-state index in [4.69, 9.17) is 4.74 Å². The van der Waals surface area contributed by atoms with Crippen LogP contribution in [0.15, 0.2) is 60.8 Å². The highest BCUT2D eigenvalue weighted by Crippen LogP contribution is 2.28. The summed E-state index contributed by atoms with van der Waals surface area (Å²) in [5.41, 5.74) is 2.37. The smallest absolute Gasteiger partial charge is 0.323 e. The van der Waals surface area contributed by atoms with E-state index in [2.05, 4.69) is 30.8 Å². The van der Waals surface area contributed by atoms with Crippen LogP contribution in [-0.4, -0.2) is 47.1 Å². The molecule has 0 unspecified atom stereocenters. The maximum atomic E-state index is 14.7. The number of anilines is 2. The number of amides is 2. The number of nitrogens with zero attached hydrogens (tertiary/aromatic N) is 3. The molecule has 4 aromatic rings. The predicted octanol–water partition coefficient (Wildman–Crippen LogP) is 4.89.